The van der Waals surface area contributed by atoms with Crippen LogP contribution in [-0.4, -0.2) is 61.7 Å². The lowest BCUT2D eigenvalue weighted by atomic mass is 10.1. The van der Waals surface area contributed by atoms with E-state index < -0.39 is 51.8 Å². The third-order valence-corrected chi connectivity index (χ3v) is 6.15. The number of sulfone groups is 1. The smallest absolute Gasteiger partial charge is 0.328 e. The highest BCUT2D eigenvalue weighted by Crippen LogP contribution is 2.23. The second-order valence-electron chi connectivity index (χ2n) is 6.55. The van der Waals surface area contributed by atoms with Crippen molar-refractivity contribution in [3.05, 3.63) is 35.9 Å². The van der Waals surface area contributed by atoms with E-state index in [-0.39, 0.29) is 12.3 Å². The van der Waals surface area contributed by atoms with Crippen LogP contribution >= 0.6 is 0 Å². The fourth-order valence-corrected chi connectivity index (χ4v) is 4.96. The Morgan fingerprint density at radius 3 is 2.52 bits per heavy atom. The van der Waals surface area contributed by atoms with E-state index >= 15 is 0 Å². The number of carbonyl (C=O) groups excluding carboxylic acids is 2. The van der Waals surface area contributed by atoms with E-state index in [2.05, 4.69) is 4.74 Å². The number of carboxylic acid groups (broad SMARTS) is 1. The number of rotatable bonds is 8. The van der Waals surface area contributed by atoms with Gasteiger partial charge >= 0.3 is 11.9 Å². The van der Waals surface area contributed by atoms with Crippen molar-refractivity contribution in [1.29, 1.82) is 0 Å². The Morgan fingerprint density at radius 2 is 1.93 bits per heavy atom. The zero-order valence-electron chi connectivity index (χ0n) is 15.0. The van der Waals surface area contributed by atoms with Gasteiger partial charge in [0.1, 0.15) is 6.04 Å². The molecule has 9 heteroatoms. The average Bonchev–Trinajstić information content (AvgIpc) is 3.09. The Balaban J connectivity index is 2.17. The van der Waals surface area contributed by atoms with Crippen molar-refractivity contribution in [2.75, 3.05) is 19.4 Å². The summed E-state index contributed by atoms with van der Waals surface area (Å²) in [5, 5.41) is 9.13. The highest BCUT2D eigenvalue weighted by atomic mass is 32.2. The predicted molar refractivity (Wildman–Crippen MR) is 96.4 cm³/mol. The summed E-state index contributed by atoms with van der Waals surface area (Å²) in [4.78, 5) is 37.1. The number of amides is 1. The number of benzene rings is 1. The molecule has 148 valence electrons. The van der Waals surface area contributed by atoms with Crippen molar-refractivity contribution in [2.24, 2.45) is 5.92 Å². The monoisotopic (exact) mass is 397 g/mol. The molecular formula is C18H23NO7S. The number of hydrogen-bond donors (Lipinski definition) is 1. The normalized spacial score (nSPS) is 18.1. The van der Waals surface area contributed by atoms with Crippen LogP contribution in [0.25, 0.3) is 0 Å². The molecule has 1 heterocycles. The second-order valence-corrected chi connectivity index (χ2v) is 8.66. The zero-order chi connectivity index (χ0) is 20.0. The first kappa shape index (κ1) is 20.9. The summed E-state index contributed by atoms with van der Waals surface area (Å²) in [5.41, 5.74) is 0.563. The highest BCUT2D eigenvalue weighted by Gasteiger charge is 2.39. The molecule has 1 aromatic rings. The van der Waals surface area contributed by atoms with Crippen molar-refractivity contribution in [2.45, 2.75) is 31.1 Å². The third-order valence-electron chi connectivity index (χ3n) is 4.46. The standard InChI is InChI=1S/C18H23NO7S/c1-26-18(23)15-8-5-9-19(15)17(22)14(10-16(20)21)12-27(24,25)11-13-6-3-2-4-7-13/h2-4,6-7,14-15H,5,8-12H2,1H3,(H,20,21)/t14-,15-/m0/s1. The zero-order valence-corrected chi connectivity index (χ0v) is 15.9. The Labute approximate surface area is 158 Å². The van der Waals surface area contributed by atoms with E-state index in [4.69, 9.17) is 5.11 Å². The van der Waals surface area contributed by atoms with Gasteiger partial charge in [-0.15, -0.1) is 0 Å². The van der Waals surface area contributed by atoms with Gasteiger partial charge in [-0.25, -0.2) is 13.2 Å². The number of methoxy groups -OCH3 is 1. The molecule has 0 aliphatic carbocycles. The molecule has 8 nitrogen and oxygen atoms in total. The van der Waals surface area contributed by atoms with Crippen LogP contribution in [0.2, 0.25) is 0 Å². The molecule has 1 fully saturated rings. The Morgan fingerprint density at radius 1 is 1.26 bits per heavy atom. The van der Waals surface area contributed by atoms with E-state index in [0.717, 1.165) is 0 Å². The molecule has 0 saturated carbocycles. The van der Waals surface area contributed by atoms with E-state index in [1.54, 1.807) is 30.3 Å². The summed E-state index contributed by atoms with van der Waals surface area (Å²) in [6, 6.07) is 7.67. The van der Waals surface area contributed by atoms with Gasteiger partial charge in [-0.2, -0.15) is 0 Å². The topological polar surface area (TPSA) is 118 Å². The van der Waals surface area contributed by atoms with Gasteiger partial charge in [-0.3, -0.25) is 9.59 Å². The number of nitrogens with zero attached hydrogens (tertiary/aromatic N) is 1. The van der Waals surface area contributed by atoms with Crippen LogP contribution in [-0.2, 0) is 34.7 Å². The number of carbonyl (C=O) groups is 3. The quantitative estimate of drug-likeness (QED) is 0.646. The molecule has 2 rings (SSSR count). The van der Waals surface area contributed by atoms with Crippen molar-refractivity contribution in [3.63, 3.8) is 0 Å². The molecule has 27 heavy (non-hydrogen) atoms. The molecule has 1 aliphatic rings. The summed E-state index contributed by atoms with van der Waals surface area (Å²) >= 11 is 0. The molecule has 1 aliphatic heterocycles. The molecule has 0 radical (unpaired) electrons. The first-order valence-corrected chi connectivity index (χ1v) is 10.4. The van der Waals surface area contributed by atoms with Crippen LogP contribution < -0.4 is 0 Å². The minimum atomic E-state index is -3.72. The molecule has 0 aromatic heterocycles. The van der Waals surface area contributed by atoms with Gasteiger partial charge in [0, 0.05) is 6.54 Å². The van der Waals surface area contributed by atoms with Crippen LogP contribution in [0.4, 0.5) is 0 Å². The average molecular weight is 397 g/mol. The summed E-state index contributed by atoms with van der Waals surface area (Å²) < 4.78 is 29.7. The molecule has 0 bridgehead atoms. The number of esters is 1. The Hall–Kier alpha value is -2.42. The fourth-order valence-electron chi connectivity index (χ4n) is 3.27. The highest BCUT2D eigenvalue weighted by molar-refractivity contribution is 7.90. The summed E-state index contributed by atoms with van der Waals surface area (Å²) in [6.07, 6.45) is 0.369. The van der Waals surface area contributed by atoms with Crippen LogP contribution in [0.1, 0.15) is 24.8 Å². The van der Waals surface area contributed by atoms with Gasteiger partial charge in [0.05, 0.1) is 31.0 Å². The lowest BCUT2D eigenvalue weighted by Gasteiger charge is -2.26. The van der Waals surface area contributed by atoms with Gasteiger partial charge < -0.3 is 14.7 Å². The summed E-state index contributed by atoms with van der Waals surface area (Å²) in [5.74, 6) is -4.60. The van der Waals surface area contributed by atoms with Crippen LogP contribution in [0.5, 0.6) is 0 Å². The number of ether oxygens (including phenoxy) is 1. The van der Waals surface area contributed by atoms with Crippen LogP contribution in [0.15, 0.2) is 30.3 Å². The number of likely N-dealkylation sites (tertiary alicyclic amines) is 1. The Kier molecular flexibility index (Phi) is 6.95. The van der Waals surface area contributed by atoms with Crippen molar-refractivity contribution in [1.82, 2.24) is 4.90 Å². The van der Waals surface area contributed by atoms with E-state index in [0.29, 0.717) is 18.4 Å². The molecule has 1 saturated heterocycles. The van der Waals surface area contributed by atoms with Gasteiger partial charge in [0.15, 0.2) is 9.84 Å². The summed E-state index contributed by atoms with van der Waals surface area (Å²) in [7, 11) is -2.51. The minimum Gasteiger partial charge on any atom is -0.481 e. The van der Waals surface area contributed by atoms with Gasteiger partial charge in [0.2, 0.25) is 5.91 Å². The Bertz CT molecular complexity index is 791. The van der Waals surface area contributed by atoms with E-state index in [1.807, 2.05) is 0 Å². The molecule has 1 aromatic carbocycles. The molecule has 1 amide bonds. The fraction of sp³-hybridized carbons (Fsp3) is 0.500. The SMILES string of the molecule is COC(=O)[C@@H]1CCCN1C(=O)[C@@H](CC(=O)O)CS(=O)(=O)Cc1ccccc1. The van der Waals surface area contributed by atoms with Gasteiger partial charge in [0.25, 0.3) is 0 Å². The molecule has 1 N–H and O–H groups in total. The van der Waals surface area contributed by atoms with E-state index in [1.165, 1.54) is 12.0 Å². The van der Waals surface area contributed by atoms with E-state index in [9.17, 15) is 22.8 Å². The lowest BCUT2D eigenvalue weighted by Crippen LogP contribution is -2.46. The lowest BCUT2D eigenvalue weighted by molar-refractivity contribution is -0.153. The number of hydrogen-bond acceptors (Lipinski definition) is 6. The molecule has 0 unspecified atom stereocenters. The first-order valence-electron chi connectivity index (χ1n) is 8.58. The van der Waals surface area contributed by atoms with Crippen molar-refractivity contribution < 1.29 is 32.6 Å². The van der Waals surface area contributed by atoms with Gasteiger partial charge in [-0.05, 0) is 18.4 Å². The van der Waals surface area contributed by atoms with Crippen molar-refractivity contribution >= 4 is 27.7 Å². The van der Waals surface area contributed by atoms with Crippen LogP contribution in [0.3, 0.4) is 0 Å². The molecule has 2 atom stereocenters. The maximum atomic E-state index is 12.8. The predicted octanol–water partition coefficient (Wildman–Crippen LogP) is 0.856. The third kappa shape index (κ3) is 5.78. The second kappa shape index (κ2) is 8.98. The molecule has 0 spiro atoms. The maximum absolute atomic E-state index is 12.8. The first-order chi connectivity index (χ1) is 12.7. The number of aliphatic carboxylic acids is 1. The van der Waals surface area contributed by atoms with Crippen molar-refractivity contribution in [3.8, 4) is 0 Å². The minimum absolute atomic E-state index is 0.271. The van der Waals surface area contributed by atoms with Gasteiger partial charge in [-0.1, -0.05) is 30.3 Å². The molecular weight excluding hydrogens is 374 g/mol. The largest absolute Gasteiger partial charge is 0.481 e. The maximum Gasteiger partial charge on any atom is 0.328 e. The van der Waals surface area contributed by atoms with Crippen LogP contribution in [0, 0.1) is 5.92 Å². The summed E-state index contributed by atoms with van der Waals surface area (Å²) in [6.45, 7) is 0.271. The number of carboxylic acids is 1.